The van der Waals surface area contributed by atoms with Crippen LogP contribution in [0.15, 0.2) is 71.6 Å². The van der Waals surface area contributed by atoms with E-state index >= 15 is 0 Å². The molecule has 10 heteroatoms. The van der Waals surface area contributed by atoms with Gasteiger partial charge in [-0.25, -0.2) is 4.79 Å². The number of fused-ring (bicyclic) bond motifs is 1. The molecule has 1 heterocycles. The van der Waals surface area contributed by atoms with Gasteiger partial charge in [-0.15, -0.1) is 11.8 Å². The Bertz CT molecular complexity index is 1410. The van der Waals surface area contributed by atoms with Crippen LogP contribution in [0.25, 0.3) is 0 Å². The van der Waals surface area contributed by atoms with Crippen LogP contribution in [0.1, 0.15) is 55.2 Å². The number of thioether (sulfide) groups is 1. The molecular weight excluding hydrogens is 562 g/mol. The van der Waals surface area contributed by atoms with Crippen LogP contribution in [0.2, 0.25) is 5.02 Å². The average molecular weight is 596 g/mol. The summed E-state index contributed by atoms with van der Waals surface area (Å²) in [4.78, 5) is 42.2. The van der Waals surface area contributed by atoms with Crippen molar-refractivity contribution >= 4 is 47.0 Å². The molecule has 2 atom stereocenters. The van der Waals surface area contributed by atoms with Crippen molar-refractivity contribution in [2.75, 3.05) is 17.8 Å². The van der Waals surface area contributed by atoms with Crippen LogP contribution >= 0.6 is 23.4 Å². The quantitative estimate of drug-likeness (QED) is 0.329. The molecule has 4 rings (SSSR count). The van der Waals surface area contributed by atoms with Crippen molar-refractivity contribution in [2.45, 2.75) is 56.8 Å². The minimum absolute atomic E-state index is 0.226. The zero-order valence-corrected chi connectivity index (χ0v) is 25.3. The predicted molar refractivity (Wildman–Crippen MR) is 162 cm³/mol. The molecule has 3 amide bonds. The second-order valence-electron chi connectivity index (χ2n) is 10.7. The number of amides is 3. The second kappa shape index (κ2) is 12.9. The lowest BCUT2D eigenvalue weighted by Crippen LogP contribution is -2.50. The monoisotopic (exact) mass is 595 g/mol. The Labute approximate surface area is 249 Å². The van der Waals surface area contributed by atoms with E-state index in [0.29, 0.717) is 22.0 Å². The third-order valence-corrected chi connectivity index (χ3v) is 7.80. The highest BCUT2D eigenvalue weighted by atomic mass is 35.5. The van der Waals surface area contributed by atoms with Gasteiger partial charge in [-0.1, -0.05) is 35.9 Å². The van der Waals surface area contributed by atoms with E-state index in [9.17, 15) is 14.4 Å². The first-order valence-corrected chi connectivity index (χ1v) is 14.6. The number of hydrogen-bond acceptors (Lipinski definition) is 6. The van der Waals surface area contributed by atoms with Crippen LogP contribution in [-0.2, 0) is 16.1 Å². The van der Waals surface area contributed by atoms with Crippen LogP contribution in [0, 0.1) is 0 Å². The molecule has 0 aromatic heterocycles. The molecule has 0 fully saturated rings. The van der Waals surface area contributed by atoms with E-state index in [4.69, 9.17) is 21.1 Å². The number of alkyl carbamates (subject to hydrolysis) is 1. The van der Waals surface area contributed by atoms with Crippen molar-refractivity contribution in [2.24, 2.45) is 0 Å². The Morgan fingerprint density at radius 2 is 1.76 bits per heavy atom. The predicted octanol–water partition coefficient (Wildman–Crippen LogP) is 6.37. The molecule has 1 aliphatic rings. The number of rotatable bonds is 7. The molecule has 0 saturated carbocycles. The Morgan fingerprint density at radius 1 is 1.07 bits per heavy atom. The highest BCUT2D eigenvalue weighted by Crippen LogP contribution is 2.36. The maximum Gasteiger partial charge on any atom is 0.408 e. The molecule has 0 saturated heterocycles. The summed E-state index contributed by atoms with van der Waals surface area (Å²) in [5, 5.41) is 6.35. The lowest BCUT2D eigenvalue weighted by molar-refractivity contribution is -0.120. The fourth-order valence-corrected chi connectivity index (χ4v) is 5.47. The van der Waals surface area contributed by atoms with Gasteiger partial charge in [0.05, 0.1) is 25.4 Å². The van der Waals surface area contributed by atoms with Gasteiger partial charge in [-0.2, -0.15) is 0 Å². The normalized spacial score (nSPS) is 15.8. The van der Waals surface area contributed by atoms with Gasteiger partial charge < -0.3 is 25.0 Å². The van der Waals surface area contributed by atoms with Crippen molar-refractivity contribution < 1.29 is 23.9 Å². The summed E-state index contributed by atoms with van der Waals surface area (Å²) < 4.78 is 10.6. The van der Waals surface area contributed by atoms with Crippen molar-refractivity contribution in [1.82, 2.24) is 10.6 Å². The number of halogens is 1. The number of benzene rings is 3. The Kier molecular flexibility index (Phi) is 9.50. The third-order valence-electron chi connectivity index (χ3n) is 6.39. The van der Waals surface area contributed by atoms with Crippen LogP contribution < -0.4 is 20.3 Å². The van der Waals surface area contributed by atoms with Crippen LogP contribution in [-0.4, -0.2) is 42.4 Å². The average Bonchev–Trinajstić information content (AvgIpc) is 3.05. The van der Waals surface area contributed by atoms with Gasteiger partial charge in [0.15, 0.2) is 0 Å². The summed E-state index contributed by atoms with van der Waals surface area (Å²) in [6.45, 7) is 7.43. The number of ether oxygens (including phenoxy) is 2. The molecule has 0 unspecified atom stereocenters. The van der Waals surface area contributed by atoms with Gasteiger partial charge in [-0.05, 0) is 81.3 Å². The van der Waals surface area contributed by atoms with Crippen molar-refractivity contribution in [3.8, 4) is 5.75 Å². The van der Waals surface area contributed by atoms with Gasteiger partial charge in [0.2, 0.25) is 0 Å². The SMILES string of the molecule is COc1ccc([C@H](C)NC(=O)c2ccc3c(c2)N(Cc2ccc(Cl)cc2)C(=O)[C@@H](NC(=O)OC(C)(C)C)CS3)cc1. The third kappa shape index (κ3) is 7.95. The summed E-state index contributed by atoms with van der Waals surface area (Å²) in [6, 6.07) is 18.9. The molecule has 0 spiro atoms. The fraction of sp³-hybridized carbons (Fsp3) is 0.323. The number of carbonyl (C=O) groups is 3. The zero-order chi connectivity index (χ0) is 29.7. The van der Waals surface area contributed by atoms with E-state index in [2.05, 4.69) is 10.6 Å². The van der Waals surface area contributed by atoms with E-state index in [1.165, 1.54) is 11.8 Å². The minimum atomic E-state index is -0.832. The zero-order valence-electron chi connectivity index (χ0n) is 23.7. The summed E-state index contributed by atoms with van der Waals surface area (Å²) in [5.41, 5.74) is 2.08. The van der Waals surface area contributed by atoms with Crippen molar-refractivity contribution in [3.63, 3.8) is 0 Å². The Morgan fingerprint density at radius 3 is 2.39 bits per heavy atom. The smallest absolute Gasteiger partial charge is 0.408 e. The highest BCUT2D eigenvalue weighted by molar-refractivity contribution is 7.99. The van der Waals surface area contributed by atoms with E-state index < -0.39 is 17.7 Å². The standard InChI is InChI=1S/C31H34ClN3O5S/c1-19(21-8-13-24(39-5)14-9-21)33-28(36)22-10-15-27-26(16-22)35(17-20-6-11-23(32)12-7-20)29(37)25(18-41-27)34-30(38)40-31(2,3)4/h6-16,19,25H,17-18H2,1-5H3,(H,33,36)(H,34,38)/t19-,25-/m0/s1. The molecule has 216 valence electrons. The first-order chi connectivity index (χ1) is 19.4. The molecule has 3 aromatic rings. The lowest BCUT2D eigenvalue weighted by Gasteiger charge is -2.27. The first-order valence-electron chi connectivity index (χ1n) is 13.2. The number of anilines is 1. The lowest BCUT2D eigenvalue weighted by atomic mass is 10.1. The number of hydrogen-bond donors (Lipinski definition) is 2. The summed E-state index contributed by atoms with van der Waals surface area (Å²) >= 11 is 7.52. The van der Waals surface area contributed by atoms with Crippen molar-refractivity contribution in [1.29, 1.82) is 0 Å². The molecule has 41 heavy (non-hydrogen) atoms. The molecule has 3 aromatic carbocycles. The van der Waals surface area contributed by atoms with E-state index in [1.807, 2.05) is 49.4 Å². The van der Waals surface area contributed by atoms with Crippen LogP contribution in [0.4, 0.5) is 10.5 Å². The van der Waals surface area contributed by atoms with Gasteiger partial charge in [-0.3, -0.25) is 9.59 Å². The largest absolute Gasteiger partial charge is 0.497 e. The molecule has 1 aliphatic heterocycles. The topological polar surface area (TPSA) is 97.0 Å². The number of nitrogens with zero attached hydrogens (tertiary/aromatic N) is 1. The maximum absolute atomic E-state index is 13.9. The molecule has 0 aliphatic carbocycles. The van der Waals surface area contributed by atoms with Gasteiger partial charge in [0, 0.05) is 21.2 Å². The van der Waals surface area contributed by atoms with E-state index in [-0.39, 0.29) is 24.4 Å². The van der Waals surface area contributed by atoms with Gasteiger partial charge in [0.1, 0.15) is 17.4 Å². The van der Waals surface area contributed by atoms with Crippen LogP contribution in [0.5, 0.6) is 5.75 Å². The second-order valence-corrected chi connectivity index (χ2v) is 12.2. The van der Waals surface area contributed by atoms with E-state index in [1.54, 1.807) is 57.0 Å². The van der Waals surface area contributed by atoms with Gasteiger partial charge >= 0.3 is 6.09 Å². The minimum Gasteiger partial charge on any atom is -0.497 e. The molecular formula is C31H34ClN3O5S. The molecule has 2 N–H and O–H groups in total. The Hall–Kier alpha value is -3.69. The van der Waals surface area contributed by atoms with Crippen molar-refractivity contribution in [3.05, 3.63) is 88.4 Å². The maximum atomic E-state index is 13.9. The number of carbonyl (C=O) groups excluding carboxylic acids is 3. The summed E-state index contributed by atoms with van der Waals surface area (Å²) in [7, 11) is 1.60. The number of nitrogens with one attached hydrogen (secondary N) is 2. The van der Waals surface area contributed by atoms with E-state index in [0.717, 1.165) is 21.8 Å². The van der Waals surface area contributed by atoms with Crippen LogP contribution in [0.3, 0.4) is 0 Å². The molecule has 0 radical (unpaired) electrons. The molecule has 0 bridgehead atoms. The fourth-order valence-electron chi connectivity index (χ4n) is 4.29. The first kappa shape index (κ1) is 30.3. The Balaban J connectivity index is 1.61. The summed E-state index contributed by atoms with van der Waals surface area (Å²) in [5.74, 6) is 0.469. The summed E-state index contributed by atoms with van der Waals surface area (Å²) in [6.07, 6.45) is -0.665. The number of methoxy groups -OCH3 is 1. The van der Waals surface area contributed by atoms with Gasteiger partial charge in [0.25, 0.3) is 11.8 Å². The highest BCUT2D eigenvalue weighted by Gasteiger charge is 2.33. The molecule has 8 nitrogen and oxygen atoms in total.